The number of hydrogen-bond acceptors (Lipinski definition) is 2. The third kappa shape index (κ3) is 3.70. The number of hydrogen-bond donors (Lipinski definition) is 1. The van der Waals surface area contributed by atoms with Crippen molar-refractivity contribution in [3.8, 4) is 0 Å². The lowest BCUT2D eigenvalue weighted by Gasteiger charge is -2.30. The van der Waals surface area contributed by atoms with Gasteiger partial charge in [0.25, 0.3) is 0 Å². The van der Waals surface area contributed by atoms with Crippen molar-refractivity contribution in [2.24, 2.45) is 0 Å². The van der Waals surface area contributed by atoms with Crippen molar-refractivity contribution in [1.29, 1.82) is 0 Å². The lowest BCUT2D eigenvalue weighted by Crippen LogP contribution is -2.38. The number of alkyl halides is 4. The molecule has 0 aromatic carbocycles. The molecule has 0 aromatic rings. The predicted octanol–water partition coefficient (Wildman–Crippen LogP) is 2.04. The van der Waals surface area contributed by atoms with Crippen LogP contribution in [-0.2, 0) is 4.74 Å². The Morgan fingerprint density at radius 1 is 1.31 bits per heavy atom. The van der Waals surface area contributed by atoms with E-state index in [1.165, 1.54) is 0 Å². The van der Waals surface area contributed by atoms with Crippen molar-refractivity contribution < 1.29 is 23.0 Å². The van der Waals surface area contributed by atoms with Gasteiger partial charge in [-0.05, 0) is 12.8 Å². The zero-order valence-corrected chi connectivity index (χ0v) is 7.48. The van der Waals surface area contributed by atoms with Crippen LogP contribution in [-0.4, -0.2) is 29.1 Å². The summed E-state index contributed by atoms with van der Waals surface area (Å²) in [4.78, 5) is 0. The molecule has 6 heteroatoms. The summed E-state index contributed by atoms with van der Waals surface area (Å²) in [6, 6.07) is 0. The third-order valence-electron chi connectivity index (χ3n) is 1.97. The summed E-state index contributed by atoms with van der Waals surface area (Å²) < 4.78 is 39.1. The maximum absolute atomic E-state index is 11.8. The van der Waals surface area contributed by atoms with Crippen LogP contribution in [0.25, 0.3) is 0 Å². The van der Waals surface area contributed by atoms with Gasteiger partial charge in [0, 0.05) is 6.42 Å². The van der Waals surface area contributed by atoms with Gasteiger partial charge in [-0.2, -0.15) is 0 Å². The Bertz CT molecular complexity index is 174. The van der Waals surface area contributed by atoms with Crippen molar-refractivity contribution in [2.75, 3.05) is 0 Å². The van der Waals surface area contributed by atoms with Crippen LogP contribution in [0.15, 0.2) is 0 Å². The quantitative estimate of drug-likeness (QED) is 0.683. The van der Waals surface area contributed by atoms with Crippen LogP contribution in [0.4, 0.5) is 13.2 Å². The Morgan fingerprint density at radius 2 is 1.92 bits per heavy atom. The summed E-state index contributed by atoms with van der Waals surface area (Å²) in [5.41, 5.74) is 0. The first-order valence-corrected chi connectivity index (χ1v) is 4.39. The number of ether oxygens (including phenoxy) is 1. The number of aliphatic hydroxyl groups excluding tert-OH is 1. The maximum Gasteiger partial charge on any atom is 0.522 e. The number of aliphatic hydroxyl groups is 1. The molecule has 1 aliphatic rings. The second-order valence-corrected chi connectivity index (χ2v) is 3.65. The van der Waals surface area contributed by atoms with Gasteiger partial charge in [0.1, 0.15) is 0 Å². The fourth-order valence-electron chi connectivity index (χ4n) is 1.36. The number of halogens is 4. The van der Waals surface area contributed by atoms with Gasteiger partial charge in [0.2, 0.25) is 0 Å². The molecule has 0 amide bonds. The highest BCUT2D eigenvalue weighted by molar-refractivity contribution is 6.21. The van der Waals surface area contributed by atoms with Crippen molar-refractivity contribution in [3.05, 3.63) is 0 Å². The summed E-state index contributed by atoms with van der Waals surface area (Å²) in [6.45, 7) is 0. The summed E-state index contributed by atoms with van der Waals surface area (Å²) in [5, 5.41) is 8.43. The summed E-state index contributed by atoms with van der Waals surface area (Å²) in [5.74, 6) is 0. The summed E-state index contributed by atoms with van der Waals surface area (Å²) >= 11 is 5.62. The van der Waals surface area contributed by atoms with E-state index in [1.54, 1.807) is 0 Å². The molecule has 1 rings (SSSR count). The second-order valence-electron chi connectivity index (χ2n) is 3.08. The van der Waals surface area contributed by atoms with E-state index in [1.807, 2.05) is 0 Å². The van der Waals surface area contributed by atoms with Gasteiger partial charge in [-0.15, -0.1) is 24.8 Å². The van der Waals surface area contributed by atoms with Crippen LogP contribution in [0.1, 0.15) is 19.3 Å². The van der Waals surface area contributed by atoms with E-state index in [4.69, 9.17) is 16.7 Å². The average molecular weight is 219 g/mol. The van der Waals surface area contributed by atoms with E-state index in [9.17, 15) is 13.2 Å². The van der Waals surface area contributed by atoms with Gasteiger partial charge >= 0.3 is 6.36 Å². The first-order chi connectivity index (χ1) is 5.88. The molecule has 78 valence electrons. The monoisotopic (exact) mass is 218 g/mol. The SMILES string of the molecule is OC1CCC(Cl)C(OC(F)(F)F)C1. The van der Waals surface area contributed by atoms with Gasteiger partial charge in [0.05, 0.1) is 17.6 Å². The summed E-state index contributed by atoms with van der Waals surface area (Å²) in [7, 11) is 0. The standard InChI is InChI=1S/C7H10ClF3O2/c8-5-2-1-4(12)3-6(5)13-7(9,10)11/h4-6,12H,1-3H2. The number of rotatable bonds is 1. The molecule has 1 saturated carbocycles. The zero-order chi connectivity index (χ0) is 10.1. The molecule has 0 saturated heterocycles. The fourth-order valence-corrected chi connectivity index (χ4v) is 1.65. The fraction of sp³-hybridized carbons (Fsp3) is 1.00. The van der Waals surface area contributed by atoms with Crippen LogP contribution in [0.2, 0.25) is 0 Å². The lowest BCUT2D eigenvalue weighted by molar-refractivity contribution is -0.346. The molecule has 1 fully saturated rings. The van der Waals surface area contributed by atoms with Gasteiger partial charge in [-0.3, -0.25) is 4.74 Å². The minimum atomic E-state index is -4.67. The zero-order valence-electron chi connectivity index (χ0n) is 6.72. The van der Waals surface area contributed by atoms with E-state index in [2.05, 4.69) is 4.74 Å². The molecule has 3 unspecified atom stereocenters. The third-order valence-corrected chi connectivity index (χ3v) is 2.47. The topological polar surface area (TPSA) is 29.5 Å². The van der Waals surface area contributed by atoms with Crippen LogP contribution in [0.3, 0.4) is 0 Å². The highest BCUT2D eigenvalue weighted by Crippen LogP contribution is 2.30. The lowest BCUT2D eigenvalue weighted by atomic mass is 9.94. The molecule has 3 atom stereocenters. The molecule has 0 aliphatic heterocycles. The second kappa shape index (κ2) is 4.02. The molecule has 0 spiro atoms. The van der Waals surface area contributed by atoms with Crippen LogP contribution < -0.4 is 0 Å². The first kappa shape index (κ1) is 11.1. The molecule has 1 N–H and O–H groups in total. The molecule has 13 heavy (non-hydrogen) atoms. The van der Waals surface area contributed by atoms with Crippen molar-refractivity contribution in [1.82, 2.24) is 0 Å². The molecule has 0 heterocycles. The van der Waals surface area contributed by atoms with E-state index in [-0.39, 0.29) is 6.42 Å². The minimum Gasteiger partial charge on any atom is -0.393 e. The van der Waals surface area contributed by atoms with Crippen LogP contribution in [0, 0.1) is 0 Å². The summed E-state index contributed by atoms with van der Waals surface area (Å²) in [6.07, 6.45) is -5.79. The van der Waals surface area contributed by atoms with Crippen LogP contribution in [0.5, 0.6) is 0 Å². The minimum absolute atomic E-state index is 0.0479. The van der Waals surface area contributed by atoms with Gasteiger partial charge < -0.3 is 5.11 Å². The molecule has 0 radical (unpaired) electrons. The van der Waals surface area contributed by atoms with Gasteiger partial charge in [-0.1, -0.05) is 0 Å². The highest BCUT2D eigenvalue weighted by atomic mass is 35.5. The smallest absolute Gasteiger partial charge is 0.393 e. The van der Waals surface area contributed by atoms with Gasteiger partial charge in [-0.25, -0.2) is 0 Å². The Kier molecular flexibility index (Phi) is 3.43. The van der Waals surface area contributed by atoms with E-state index in [0.29, 0.717) is 12.8 Å². The first-order valence-electron chi connectivity index (χ1n) is 3.95. The van der Waals surface area contributed by atoms with Crippen molar-refractivity contribution in [2.45, 2.75) is 43.2 Å². The molecular weight excluding hydrogens is 209 g/mol. The molecule has 2 nitrogen and oxygen atoms in total. The molecule has 1 aliphatic carbocycles. The predicted molar refractivity (Wildman–Crippen MR) is 40.4 cm³/mol. The van der Waals surface area contributed by atoms with Crippen molar-refractivity contribution in [3.63, 3.8) is 0 Å². The van der Waals surface area contributed by atoms with Crippen molar-refractivity contribution >= 4 is 11.6 Å². The normalized spacial score (nSPS) is 36.2. The Labute approximate surface area is 78.6 Å². The van der Waals surface area contributed by atoms with E-state index in [0.717, 1.165) is 0 Å². The Morgan fingerprint density at radius 3 is 2.46 bits per heavy atom. The van der Waals surface area contributed by atoms with E-state index >= 15 is 0 Å². The maximum atomic E-state index is 11.8. The average Bonchev–Trinajstić information content (AvgIpc) is 1.94. The Hall–Kier alpha value is -0.0000000000000000555. The van der Waals surface area contributed by atoms with Gasteiger partial charge in [0.15, 0.2) is 0 Å². The largest absolute Gasteiger partial charge is 0.522 e. The van der Waals surface area contributed by atoms with Crippen LogP contribution >= 0.6 is 11.6 Å². The molecule has 0 bridgehead atoms. The molecule has 0 aromatic heterocycles. The highest BCUT2D eigenvalue weighted by Gasteiger charge is 2.39. The molecular formula is C7H10ClF3O2. The van der Waals surface area contributed by atoms with E-state index < -0.39 is 23.9 Å². The Balaban J connectivity index is 2.47.